The number of nitrogens with zero attached hydrogens (tertiary/aromatic N) is 1. The van der Waals surface area contributed by atoms with Crippen LogP contribution in [0.4, 0.5) is 0 Å². The second-order valence-electron chi connectivity index (χ2n) is 5.02. The van der Waals surface area contributed by atoms with Crippen LogP contribution in [-0.4, -0.2) is 11.0 Å². The van der Waals surface area contributed by atoms with E-state index < -0.39 is 0 Å². The maximum atomic E-state index is 6.19. The molecule has 90 valence electrons. The highest BCUT2D eigenvalue weighted by Gasteiger charge is 2.42. The molecule has 1 heterocycles. The molecular weight excluding hydrogens is 280 g/mol. The lowest BCUT2D eigenvalue weighted by Crippen LogP contribution is -2.38. The Balaban J connectivity index is 2.15. The average molecular weight is 295 g/mol. The second-order valence-corrected chi connectivity index (χ2v) is 5.88. The molecule has 1 fully saturated rings. The Bertz CT molecular complexity index is 566. The zero-order valence-corrected chi connectivity index (χ0v) is 11.3. The number of fused-ring (bicyclic) bond motifs is 1. The molecule has 0 spiro atoms. The van der Waals surface area contributed by atoms with Crippen molar-refractivity contribution >= 4 is 27.0 Å². The number of benzene rings is 1. The normalized spacial score (nSPS) is 29.0. The van der Waals surface area contributed by atoms with E-state index >= 15 is 0 Å². The quantitative estimate of drug-likeness (QED) is 0.877. The summed E-state index contributed by atoms with van der Waals surface area (Å²) in [5.41, 5.74) is 7.80. The minimum Gasteiger partial charge on any atom is -0.439 e. The van der Waals surface area contributed by atoms with E-state index in [4.69, 9.17) is 10.2 Å². The molecular formula is C13H15BrN2O. The molecule has 0 bridgehead atoms. The molecule has 1 aliphatic rings. The first-order valence-electron chi connectivity index (χ1n) is 5.92. The van der Waals surface area contributed by atoms with Gasteiger partial charge in [0.25, 0.3) is 0 Å². The molecule has 0 aliphatic heterocycles. The highest BCUT2D eigenvalue weighted by molar-refractivity contribution is 9.10. The number of para-hydroxylation sites is 1. The van der Waals surface area contributed by atoms with Gasteiger partial charge in [-0.05, 0) is 47.8 Å². The van der Waals surface area contributed by atoms with Crippen molar-refractivity contribution in [3.8, 4) is 0 Å². The zero-order valence-electron chi connectivity index (χ0n) is 9.74. The third-order valence-corrected chi connectivity index (χ3v) is 4.51. The lowest BCUT2D eigenvalue weighted by Gasteiger charge is -2.24. The van der Waals surface area contributed by atoms with E-state index in [0.717, 1.165) is 40.7 Å². The molecule has 4 heteroatoms. The van der Waals surface area contributed by atoms with Crippen molar-refractivity contribution in [1.82, 2.24) is 4.98 Å². The summed E-state index contributed by atoms with van der Waals surface area (Å²) in [7, 11) is 0. The minimum atomic E-state index is -0.113. The summed E-state index contributed by atoms with van der Waals surface area (Å²) < 4.78 is 6.87. The summed E-state index contributed by atoms with van der Waals surface area (Å²) >= 11 is 3.49. The van der Waals surface area contributed by atoms with Crippen LogP contribution in [0.3, 0.4) is 0 Å². The van der Waals surface area contributed by atoms with Gasteiger partial charge in [-0.3, -0.25) is 0 Å². The van der Waals surface area contributed by atoms with E-state index in [1.807, 2.05) is 18.2 Å². The fourth-order valence-corrected chi connectivity index (χ4v) is 3.06. The first-order valence-corrected chi connectivity index (χ1v) is 6.72. The number of rotatable bonds is 1. The lowest BCUT2D eigenvalue weighted by molar-refractivity contribution is 0.332. The fourth-order valence-electron chi connectivity index (χ4n) is 2.62. The fraction of sp³-hybridized carbons (Fsp3) is 0.462. The molecule has 1 aromatic carbocycles. The summed E-state index contributed by atoms with van der Waals surface area (Å²) in [5.74, 6) is 0.782. The lowest BCUT2D eigenvalue weighted by atomic mass is 9.85. The minimum absolute atomic E-state index is 0.113. The van der Waals surface area contributed by atoms with Crippen molar-refractivity contribution in [1.29, 1.82) is 0 Å². The van der Waals surface area contributed by atoms with E-state index in [2.05, 4.69) is 27.8 Å². The number of halogens is 1. The number of aromatic nitrogens is 1. The number of nitrogens with two attached hydrogens (primary N) is 1. The molecule has 2 unspecified atom stereocenters. The van der Waals surface area contributed by atoms with Gasteiger partial charge >= 0.3 is 0 Å². The third kappa shape index (κ3) is 1.62. The molecule has 0 radical (unpaired) electrons. The Hall–Kier alpha value is -0.870. The maximum absolute atomic E-state index is 6.19. The van der Waals surface area contributed by atoms with Crippen molar-refractivity contribution < 1.29 is 4.42 Å². The Kier molecular flexibility index (Phi) is 2.52. The smallest absolute Gasteiger partial charge is 0.203 e. The molecule has 1 saturated carbocycles. The Morgan fingerprint density at radius 3 is 3.00 bits per heavy atom. The van der Waals surface area contributed by atoms with E-state index in [0.29, 0.717) is 0 Å². The molecule has 1 aromatic heterocycles. The van der Waals surface area contributed by atoms with Crippen LogP contribution < -0.4 is 5.73 Å². The van der Waals surface area contributed by atoms with E-state index in [1.165, 1.54) is 0 Å². The van der Waals surface area contributed by atoms with Gasteiger partial charge in [0.15, 0.2) is 5.58 Å². The standard InChI is InChI=1S/C13H15BrN2O/c1-13(7-3-6-10(13)15)12-16-9-5-2-4-8(14)11(9)17-12/h2,4-5,10H,3,6-7,15H2,1H3. The Morgan fingerprint density at radius 2 is 2.35 bits per heavy atom. The van der Waals surface area contributed by atoms with Crippen molar-refractivity contribution in [2.75, 3.05) is 0 Å². The number of hydrogen-bond donors (Lipinski definition) is 1. The van der Waals surface area contributed by atoms with Crippen molar-refractivity contribution in [2.45, 2.75) is 37.6 Å². The molecule has 0 amide bonds. The van der Waals surface area contributed by atoms with Gasteiger partial charge in [-0.25, -0.2) is 4.98 Å². The third-order valence-electron chi connectivity index (χ3n) is 3.89. The first kappa shape index (κ1) is 11.2. The molecule has 1 aliphatic carbocycles. The van der Waals surface area contributed by atoms with Gasteiger partial charge < -0.3 is 10.2 Å². The van der Waals surface area contributed by atoms with Gasteiger partial charge in [-0.2, -0.15) is 0 Å². The second kappa shape index (κ2) is 3.82. The molecule has 2 N–H and O–H groups in total. The Labute approximate surface area is 109 Å². The van der Waals surface area contributed by atoms with Crippen LogP contribution in [0.5, 0.6) is 0 Å². The summed E-state index contributed by atoms with van der Waals surface area (Å²) in [6.45, 7) is 2.16. The summed E-state index contributed by atoms with van der Waals surface area (Å²) in [6, 6.07) is 6.05. The van der Waals surface area contributed by atoms with Crippen LogP contribution in [0.15, 0.2) is 27.1 Å². The van der Waals surface area contributed by atoms with Gasteiger partial charge in [0.1, 0.15) is 5.52 Å². The van der Waals surface area contributed by atoms with E-state index in [1.54, 1.807) is 0 Å². The molecule has 3 rings (SSSR count). The van der Waals surface area contributed by atoms with Crippen molar-refractivity contribution in [3.05, 3.63) is 28.6 Å². The molecule has 2 atom stereocenters. The SMILES string of the molecule is CC1(c2nc3cccc(Br)c3o2)CCCC1N. The zero-order chi connectivity index (χ0) is 12.0. The van der Waals surface area contributed by atoms with Gasteiger partial charge in [-0.15, -0.1) is 0 Å². The van der Waals surface area contributed by atoms with Gasteiger partial charge in [0.2, 0.25) is 5.89 Å². The Morgan fingerprint density at radius 1 is 1.53 bits per heavy atom. The van der Waals surface area contributed by atoms with Crippen LogP contribution in [0.1, 0.15) is 32.1 Å². The number of oxazole rings is 1. The van der Waals surface area contributed by atoms with Crippen LogP contribution in [-0.2, 0) is 5.41 Å². The van der Waals surface area contributed by atoms with Crippen LogP contribution in [0, 0.1) is 0 Å². The van der Waals surface area contributed by atoms with Gasteiger partial charge in [0, 0.05) is 6.04 Å². The summed E-state index contributed by atoms with van der Waals surface area (Å²) in [4.78, 5) is 4.60. The van der Waals surface area contributed by atoms with Crippen molar-refractivity contribution in [3.63, 3.8) is 0 Å². The maximum Gasteiger partial charge on any atom is 0.203 e. The molecule has 3 nitrogen and oxygen atoms in total. The van der Waals surface area contributed by atoms with E-state index in [-0.39, 0.29) is 11.5 Å². The highest BCUT2D eigenvalue weighted by atomic mass is 79.9. The van der Waals surface area contributed by atoms with Crippen LogP contribution in [0.2, 0.25) is 0 Å². The van der Waals surface area contributed by atoms with Crippen LogP contribution in [0.25, 0.3) is 11.1 Å². The number of hydrogen-bond acceptors (Lipinski definition) is 3. The summed E-state index contributed by atoms with van der Waals surface area (Å²) in [5, 5.41) is 0. The van der Waals surface area contributed by atoms with Gasteiger partial charge in [0.05, 0.1) is 9.89 Å². The highest BCUT2D eigenvalue weighted by Crippen LogP contribution is 2.41. The van der Waals surface area contributed by atoms with E-state index in [9.17, 15) is 0 Å². The molecule has 17 heavy (non-hydrogen) atoms. The van der Waals surface area contributed by atoms with Gasteiger partial charge in [-0.1, -0.05) is 12.5 Å². The first-order chi connectivity index (χ1) is 8.11. The predicted octanol–water partition coefficient (Wildman–Crippen LogP) is 3.36. The van der Waals surface area contributed by atoms with Crippen LogP contribution >= 0.6 is 15.9 Å². The van der Waals surface area contributed by atoms with Crippen molar-refractivity contribution in [2.24, 2.45) is 5.73 Å². The summed E-state index contributed by atoms with van der Waals surface area (Å²) in [6.07, 6.45) is 3.26. The monoisotopic (exact) mass is 294 g/mol. The molecule has 0 saturated heterocycles. The predicted molar refractivity (Wildman–Crippen MR) is 70.9 cm³/mol. The largest absolute Gasteiger partial charge is 0.439 e. The molecule has 2 aromatic rings. The average Bonchev–Trinajstić information content (AvgIpc) is 2.86. The topological polar surface area (TPSA) is 52.0 Å².